The largest absolute Gasteiger partial charge is 0.351 e. The highest BCUT2D eigenvalue weighted by molar-refractivity contribution is 5.91. The number of amides is 1. The van der Waals surface area contributed by atoms with Crippen molar-refractivity contribution in [1.29, 1.82) is 0 Å². The van der Waals surface area contributed by atoms with Crippen LogP contribution in [0.1, 0.15) is 22.2 Å². The van der Waals surface area contributed by atoms with E-state index in [0.29, 0.717) is 6.54 Å². The highest BCUT2D eigenvalue weighted by Gasteiger charge is 2.18. The third-order valence-electron chi connectivity index (χ3n) is 2.98. The predicted octanol–water partition coefficient (Wildman–Crippen LogP) is 1.44. The molecule has 3 aromatic rings. The van der Waals surface area contributed by atoms with Gasteiger partial charge in [0, 0.05) is 6.07 Å². The SMILES string of the molecule is O=C(NC(Cn1nccn1)c1ccccc1)c1ccno1. The van der Waals surface area contributed by atoms with Gasteiger partial charge in [-0.3, -0.25) is 4.79 Å². The van der Waals surface area contributed by atoms with E-state index in [4.69, 9.17) is 4.52 Å². The summed E-state index contributed by atoms with van der Waals surface area (Å²) >= 11 is 0. The Hall–Kier alpha value is -2.96. The van der Waals surface area contributed by atoms with E-state index in [1.54, 1.807) is 12.4 Å². The molecule has 1 atom stereocenters. The molecule has 106 valence electrons. The van der Waals surface area contributed by atoms with E-state index in [1.807, 2.05) is 30.3 Å². The highest BCUT2D eigenvalue weighted by Crippen LogP contribution is 2.15. The van der Waals surface area contributed by atoms with Crippen LogP contribution < -0.4 is 5.32 Å². The monoisotopic (exact) mass is 283 g/mol. The summed E-state index contributed by atoms with van der Waals surface area (Å²) in [6, 6.07) is 10.9. The van der Waals surface area contributed by atoms with Gasteiger partial charge in [-0.2, -0.15) is 15.0 Å². The third-order valence-corrected chi connectivity index (χ3v) is 2.98. The second-order valence-electron chi connectivity index (χ2n) is 4.40. The zero-order valence-corrected chi connectivity index (χ0v) is 11.1. The first-order valence-electron chi connectivity index (χ1n) is 6.43. The molecule has 0 saturated carbocycles. The topological polar surface area (TPSA) is 85.8 Å². The van der Waals surface area contributed by atoms with Gasteiger partial charge in [0.15, 0.2) is 0 Å². The lowest BCUT2D eigenvalue weighted by Gasteiger charge is -2.17. The number of hydrogen-bond acceptors (Lipinski definition) is 5. The van der Waals surface area contributed by atoms with E-state index < -0.39 is 0 Å². The van der Waals surface area contributed by atoms with E-state index in [9.17, 15) is 4.79 Å². The molecule has 2 heterocycles. The van der Waals surface area contributed by atoms with Gasteiger partial charge in [0.05, 0.1) is 31.2 Å². The number of rotatable bonds is 5. The summed E-state index contributed by atoms with van der Waals surface area (Å²) in [4.78, 5) is 13.6. The lowest BCUT2D eigenvalue weighted by atomic mass is 10.1. The van der Waals surface area contributed by atoms with E-state index in [1.165, 1.54) is 17.1 Å². The van der Waals surface area contributed by atoms with Crippen LogP contribution in [0.3, 0.4) is 0 Å². The first kappa shape index (κ1) is 13.0. The molecule has 0 spiro atoms. The third kappa shape index (κ3) is 3.14. The zero-order chi connectivity index (χ0) is 14.5. The Morgan fingerprint density at radius 3 is 2.57 bits per heavy atom. The Labute approximate surface area is 120 Å². The van der Waals surface area contributed by atoms with Gasteiger partial charge in [-0.05, 0) is 5.56 Å². The average Bonchev–Trinajstić information content (AvgIpc) is 3.21. The summed E-state index contributed by atoms with van der Waals surface area (Å²) in [5.41, 5.74) is 0.961. The smallest absolute Gasteiger partial charge is 0.290 e. The summed E-state index contributed by atoms with van der Waals surface area (Å²) in [6.45, 7) is 0.427. The van der Waals surface area contributed by atoms with Gasteiger partial charge in [0.25, 0.3) is 5.91 Å². The summed E-state index contributed by atoms with van der Waals surface area (Å²) in [5, 5.41) is 14.6. The number of nitrogens with one attached hydrogen (secondary N) is 1. The van der Waals surface area contributed by atoms with E-state index in [0.717, 1.165) is 5.56 Å². The van der Waals surface area contributed by atoms with Gasteiger partial charge in [-0.15, -0.1) is 0 Å². The summed E-state index contributed by atoms with van der Waals surface area (Å²) in [7, 11) is 0. The van der Waals surface area contributed by atoms with E-state index in [-0.39, 0.29) is 17.7 Å². The zero-order valence-electron chi connectivity index (χ0n) is 11.1. The minimum absolute atomic E-state index is 0.171. The molecule has 0 bridgehead atoms. The van der Waals surface area contributed by atoms with Crippen molar-refractivity contribution in [2.24, 2.45) is 0 Å². The second-order valence-corrected chi connectivity index (χ2v) is 4.40. The van der Waals surface area contributed by atoms with Crippen molar-refractivity contribution >= 4 is 5.91 Å². The molecule has 3 rings (SSSR count). The van der Waals surface area contributed by atoms with Crippen molar-refractivity contribution in [3.05, 3.63) is 66.3 Å². The minimum atomic E-state index is -0.325. The minimum Gasteiger partial charge on any atom is -0.351 e. The van der Waals surface area contributed by atoms with Crippen molar-refractivity contribution in [3.63, 3.8) is 0 Å². The lowest BCUT2D eigenvalue weighted by molar-refractivity contribution is 0.0893. The number of nitrogens with zero attached hydrogens (tertiary/aromatic N) is 4. The summed E-state index contributed by atoms with van der Waals surface area (Å²) in [6.07, 6.45) is 4.63. The van der Waals surface area contributed by atoms with Crippen LogP contribution in [-0.2, 0) is 6.54 Å². The molecule has 0 fully saturated rings. The molecular weight excluding hydrogens is 270 g/mol. The number of carbonyl (C=O) groups is 1. The van der Waals surface area contributed by atoms with Gasteiger partial charge < -0.3 is 9.84 Å². The van der Waals surface area contributed by atoms with Crippen LogP contribution in [0.25, 0.3) is 0 Å². The Morgan fingerprint density at radius 1 is 1.14 bits per heavy atom. The number of hydrogen-bond donors (Lipinski definition) is 1. The molecular formula is C14H13N5O2. The van der Waals surface area contributed by atoms with Crippen molar-refractivity contribution in [3.8, 4) is 0 Å². The molecule has 0 aliphatic heterocycles. The Bertz CT molecular complexity index is 680. The Balaban J connectivity index is 1.80. The van der Waals surface area contributed by atoms with Gasteiger partial charge >= 0.3 is 0 Å². The maximum absolute atomic E-state index is 12.1. The van der Waals surface area contributed by atoms with Gasteiger partial charge in [-0.25, -0.2) is 0 Å². The molecule has 0 aliphatic carbocycles. The molecule has 0 aliphatic rings. The fourth-order valence-electron chi connectivity index (χ4n) is 1.98. The van der Waals surface area contributed by atoms with Crippen molar-refractivity contribution in [1.82, 2.24) is 25.5 Å². The maximum Gasteiger partial charge on any atom is 0.290 e. The molecule has 1 N–H and O–H groups in total. The van der Waals surface area contributed by atoms with Gasteiger partial charge in [0.2, 0.25) is 5.76 Å². The number of aromatic nitrogens is 4. The van der Waals surface area contributed by atoms with Crippen LogP contribution in [0.15, 0.2) is 59.5 Å². The van der Waals surface area contributed by atoms with Gasteiger partial charge in [0.1, 0.15) is 0 Å². The van der Waals surface area contributed by atoms with Crippen LogP contribution in [0, 0.1) is 0 Å². The number of benzene rings is 1. The average molecular weight is 283 g/mol. The van der Waals surface area contributed by atoms with Crippen molar-refractivity contribution in [2.45, 2.75) is 12.6 Å². The fourth-order valence-corrected chi connectivity index (χ4v) is 1.98. The van der Waals surface area contributed by atoms with Gasteiger partial charge in [-0.1, -0.05) is 35.5 Å². The quantitative estimate of drug-likeness (QED) is 0.765. The summed E-state index contributed by atoms with van der Waals surface area (Å²) < 4.78 is 4.87. The number of carbonyl (C=O) groups excluding carboxylic acids is 1. The predicted molar refractivity (Wildman–Crippen MR) is 73.2 cm³/mol. The Morgan fingerprint density at radius 2 is 1.90 bits per heavy atom. The van der Waals surface area contributed by atoms with Crippen LogP contribution >= 0.6 is 0 Å². The molecule has 7 nitrogen and oxygen atoms in total. The molecule has 1 amide bonds. The second kappa shape index (κ2) is 6.00. The van der Waals surface area contributed by atoms with Crippen LogP contribution in [-0.4, -0.2) is 26.1 Å². The van der Waals surface area contributed by atoms with Crippen molar-refractivity contribution < 1.29 is 9.32 Å². The molecule has 0 radical (unpaired) electrons. The van der Waals surface area contributed by atoms with Crippen LogP contribution in [0.5, 0.6) is 0 Å². The maximum atomic E-state index is 12.1. The molecule has 0 saturated heterocycles. The highest BCUT2D eigenvalue weighted by atomic mass is 16.5. The summed E-state index contributed by atoms with van der Waals surface area (Å²) in [5.74, 6) is -0.155. The lowest BCUT2D eigenvalue weighted by Crippen LogP contribution is -2.31. The molecule has 1 unspecified atom stereocenters. The first-order chi connectivity index (χ1) is 10.3. The van der Waals surface area contributed by atoms with Crippen LogP contribution in [0.2, 0.25) is 0 Å². The van der Waals surface area contributed by atoms with Crippen molar-refractivity contribution in [2.75, 3.05) is 0 Å². The Kier molecular flexibility index (Phi) is 3.72. The normalized spacial score (nSPS) is 12.0. The first-order valence-corrected chi connectivity index (χ1v) is 6.43. The van der Waals surface area contributed by atoms with Crippen LogP contribution in [0.4, 0.5) is 0 Å². The van der Waals surface area contributed by atoms with E-state index >= 15 is 0 Å². The van der Waals surface area contributed by atoms with E-state index in [2.05, 4.69) is 20.7 Å². The molecule has 2 aromatic heterocycles. The fraction of sp³-hybridized carbons (Fsp3) is 0.143. The molecule has 7 heteroatoms. The standard InChI is InChI=1S/C14H13N5O2/c20-14(13-6-7-17-21-13)18-12(10-19-15-8-9-16-19)11-4-2-1-3-5-11/h1-9,12H,10H2,(H,18,20). The molecule has 21 heavy (non-hydrogen) atoms. The molecule has 1 aromatic carbocycles.